The van der Waals surface area contributed by atoms with Crippen molar-refractivity contribution in [3.8, 4) is 0 Å². The number of aryl methyl sites for hydroxylation is 1. The van der Waals surface area contributed by atoms with Crippen LogP contribution >= 0.6 is 11.8 Å². The molecule has 2 heterocycles. The Hall–Kier alpha value is -1.72. The largest absolute Gasteiger partial charge is 0.472 e. The molecule has 128 valence electrons. The molecular weight excluding hydrogens is 320 g/mol. The van der Waals surface area contributed by atoms with Crippen LogP contribution in [0.15, 0.2) is 53.3 Å². The number of nitrogens with zero attached hydrogens (tertiary/aromatic N) is 1. The van der Waals surface area contributed by atoms with Gasteiger partial charge in [-0.3, -0.25) is 9.69 Å². The van der Waals surface area contributed by atoms with Crippen molar-refractivity contribution in [1.82, 2.24) is 10.2 Å². The second kappa shape index (κ2) is 8.94. The van der Waals surface area contributed by atoms with Gasteiger partial charge in [0.1, 0.15) is 0 Å². The summed E-state index contributed by atoms with van der Waals surface area (Å²) in [4.78, 5) is 14.7. The van der Waals surface area contributed by atoms with Crippen molar-refractivity contribution in [3.63, 3.8) is 0 Å². The number of carbonyl (C=O) groups is 1. The van der Waals surface area contributed by atoms with Gasteiger partial charge in [0.05, 0.1) is 18.6 Å². The van der Waals surface area contributed by atoms with Gasteiger partial charge in [0.2, 0.25) is 5.91 Å². The minimum absolute atomic E-state index is 0.110. The number of furan rings is 1. The van der Waals surface area contributed by atoms with E-state index in [-0.39, 0.29) is 11.9 Å². The molecule has 1 aliphatic heterocycles. The number of hydrogen-bond acceptors (Lipinski definition) is 4. The van der Waals surface area contributed by atoms with E-state index < -0.39 is 0 Å². The number of carbonyl (C=O) groups excluding carboxylic acids is 1. The molecule has 5 heteroatoms. The van der Waals surface area contributed by atoms with Crippen LogP contribution in [0.1, 0.15) is 23.6 Å². The lowest BCUT2D eigenvalue weighted by Crippen LogP contribution is -2.42. The Kier molecular flexibility index (Phi) is 6.38. The van der Waals surface area contributed by atoms with E-state index in [9.17, 15) is 4.79 Å². The van der Waals surface area contributed by atoms with Crippen molar-refractivity contribution in [2.45, 2.75) is 18.9 Å². The van der Waals surface area contributed by atoms with Gasteiger partial charge in [-0.25, -0.2) is 0 Å². The zero-order chi connectivity index (χ0) is 16.6. The average molecular weight is 344 g/mol. The summed E-state index contributed by atoms with van der Waals surface area (Å²) in [7, 11) is 0. The van der Waals surface area contributed by atoms with E-state index in [1.165, 1.54) is 5.56 Å². The SMILES string of the molecule is O=C(CCc1ccccc1)NC[C@@H](c1ccoc1)N1CCSCC1. The van der Waals surface area contributed by atoms with Crippen molar-refractivity contribution in [2.24, 2.45) is 0 Å². The predicted molar refractivity (Wildman–Crippen MR) is 98.1 cm³/mol. The maximum Gasteiger partial charge on any atom is 0.220 e. The van der Waals surface area contributed by atoms with Gasteiger partial charge in [-0.2, -0.15) is 11.8 Å². The predicted octanol–water partition coefficient (Wildman–Crippen LogP) is 3.12. The Bertz CT molecular complexity index is 610. The summed E-state index contributed by atoms with van der Waals surface area (Å²) in [5, 5.41) is 3.11. The number of nitrogens with one attached hydrogen (secondary N) is 1. The Labute approximate surface area is 147 Å². The fraction of sp³-hybridized carbons (Fsp3) is 0.421. The molecule has 0 spiro atoms. The highest BCUT2D eigenvalue weighted by atomic mass is 32.2. The second-order valence-corrected chi connectivity index (χ2v) is 7.24. The minimum Gasteiger partial charge on any atom is -0.472 e. The van der Waals surface area contributed by atoms with Crippen LogP contribution in [0, 0.1) is 0 Å². The molecule has 1 aliphatic rings. The summed E-state index contributed by atoms with van der Waals surface area (Å²) in [6.07, 6.45) is 4.81. The molecule has 4 nitrogen and oxygen atoms in total. The summed E-state index contributed by atoms with van der Waals surface area (Å²) in [5.74, 6) is 2.41. The standard InChI is InChI=1S/C19H24N2O2S/c22-19(7-6-16-4-2-1-3-5-16)20-14-18(17-8-11-23-15-17)21-9-12-24-13-10-21/h1-5,8,11,15,18H,6-7,9-10,12-14H2,(H,20,22)/t18-/m0/s1. The number of thioether (sulfide) groups is 1. The molecule has 0 bridgehead atoms. The van der Waals surface area contributed by atoms with Crippen molar-refractivity contribution >= 4 is 17.7 Å². The number of benzene rings is 1. The molecule has 1 saturated heterocycles. The maximum atomic E-state index is 12.2. The van der Waals surface area contributed by atoms with Gasteiger partial charge >= 0.3 is 0 Å². The number of hydrogen-bond donors (Lipinski definition) is 1. The second-order valence-electron chi connectivity index (χ2n) is 6.01. The molecule has 0 saturated carbocycles. The van der Waals surface area contributed by atoms with Gasteiger partial charge in [0.25, 0.3) is 0 Å². The quantitative estimate of drug-likeness (QED) is 0.838. The van der Waals surface area contributed by atoms with Gasteiger partial charge in [-0.05, 0) is 18.1 Å². The minimum atomic E-state index is 0.110. The first kappa shape index (κ1) is 17.1. The first-order valence-corrected chi connectivity index (χ1v) is 9.63. The molecular formula is C19H24N2O2S. The molecule has 1 aromatic carbocycles. The van der Waals surface area contributed by atoms with E-state index in [1.807, 2.05) is 36.0 Å². The Morgan fingerprint density at radius 3 is 2.71 bits per heavy atom. The van der Waals surface area contributed by atoms with Crippen LogP contribution in [0.4, 0.5) is 0 Å². The summed E-state index contributed by atoms with van der Waals surface area (Å²) < 4.78 is 5.25. The van der Waals surface area contributed by atoms with E-state index in [4.69, 9.17) is 4.42 Å². The molecule has 0 aliphatic carbocycles. The van der Waals surface area contributed by atoms with Crippen LogP contribution in [-0.4, -0.2) is 41.9 Å². The third-order valence-corrected chi connectivity index (χ3v) is 5.33. The monoisotopic (exact) mass is 344 g/mol. The molecule has 3 rings (SSSR count). The molecule has 2 aromatic rings. The van der Waals surface area contributed by atoms with Gasteiger partial charge < -0.3 is 9.73 Å². The maximum absolute atomic E-state index is 12.2. The third kappa shape index (κ3) is 4.89. The smallest absolute Gasteiger partial charge is 0.220 e. The molecule has 1 fully saturated rings. The van der Waals surface area contributed by atoms with Crippen molar-refractivity contribution < 1.29 is 9.21 Å². The zero-order valence-corrected chi connectivity index (χ0v) is 14.6. The fourth-order valence-electron chi connectivity index (χ4n) is 3.01. The van der Waals surface area contributed by atoms with Gasteiger partial charge in [-0.15, -0.1) is 0 Å². The molecule has 24 heavy (non-hydrogen) atoms. The first-order valence-electron chi connectivity index (χ1n) is 8.47. The van der Waals surface area contributed by atoms with E-state index in [1.54, 1.807) is 12.5 Å². The van der Waals surface area contributed by atoms with E-state index in [2.05, 4.69) is 22.3 Å². The van der Waals surface area contributed by atoms with Crippen LogP contribution in [-0.2, 0) is 11.2 Å². The lowest BCUT2D eigenvalue weighted by Gasteiger charge is -2.34. The molecule has 1 N–H and O–H groups in total. The van der Waals surface area contributed by atoms with Crippen LogP contribution in [0.3, 0.4) is 0 Å². The van der Waals surface area contributed by atoms with Crippen LogP contribution in [0.5, 0.6) is 0 Å². The normalized spacial score (nSPS) is 16.7. The van der Waals surface area contributed by atoms with Crippen molar-refractivity contribution in [3.05, 3.63) is 60.1 Å². The summed E-state index contributed by atoms with van der Waals surface area (Å²) in [5.41, 5.74) is 2.34. The third-order valence-electron chi connectivity index (χ3n) is 4.39. The topological polar surface area (TPSA) is 45.5 Å². The van der Waals surface area contributed by atoms with Crippen LogP contribution < -0.4 is 5.32 Å². The molecule has 1 aromatic heterocycles. The highest BCUT2D eigenvalue weighted by Gasteiger charge is 2.23. The highest BCUT2D eigenvalue weighted by Crippen LogP contribution is 2.24. The van der Waals surface area contributed by atoms with Crippen LogP contribution in [0.2, 0.25) is 0 Å². The van der Waals surface area contributed by atoms with Crippen molar-refractivity contribution in [1.29, 1.82) is 0 Å². The first-order chi connectivity index (χ1) is 11.8. The Morgan fingerprint density at radius 1 is 1.21 bits per heavy atom. The highest BCUT2D eigenvalue weighted by molar-refractivity contribution is 7.99. The number of rotatable bonds is 7. The Morgan fingerprint density at radius 2 is 2.00 bits per heavy atom. The van der Waals surface area contributed by atoms with E-state index in [0.29, 0.717) is 13.0 Å². The van der Waals surface area contributed by atoms with Gasteiger partial charge in [-0.1, -0.05) is 30.3 Å². The lowest BCUT2D eigenvalue weighted by atomic mass is 10.1. The zero-order valence-electron chi connectivity index (χ0n) is 13.8. The fourth-order valence-corrected chi connectivity index (χ4v) is 3.94. The van der Waals surface area contributed by atoms with Gasteiger partial charge in [0.15, 0.2) is 0 Å². The molecule has 0 radical (unpaired) electrons. The summed E-state index contributed by atoms with van der Waals surface area (Å²) in [6, 6.07) is 12.3. The number of amides is 1. The van der Waals surface area contributed by atoms with Gasteiger partial charge in [0, 0.05) is 43.1 Å². The van der Waals surface area contributed by atoms with Crippen molar-refractivity contribution in [2.75, 3.05) is 31.1 Å². The average Bonchev–Trinajstić information content (AvgIpc) is 3.16. The molecule has 0 unspecified atom stereocenters. The Balaban J connectivity index is 1.52. The van der Waals surface area contributed by atoms with E-state index in [0.717, 1.165) is 36.6 Å². The summed E-state index contributed by atoms with van der Waals surface area (Å²) in [6.45, 7) is 2.75. The van der Waals surface area contributed by atoms with Crippen LogP contribution in [0.25, 0.3) is 0 Å². The lowest BCUT2D eigenvalue weighted by molar-refractivity contribution is -0.121. The molecule has 1 amide bonds. The summed E-state index contributed by atoms with van der Waals surface area (Å²) >= 11 is 1.99. The van der Waals surface area contributed by atoms with E-state index >= 15 is 0 Å². The molecule has 1 atom stereocenters.